The molecular weight excluding hydrogens is 322 g/mol. The van der Waals surface area contributed by atoms with Crippen LogP contribution in [0.15, 0.2) is 30.6 Å². The van der Waals surface area contributed by atoms with Crippen molar-refractivity contribution in [1.82, 2.24) is 25.0 Å². The maximum atomic E-state index is 12.4. The van der Waals surface area contributed by atoms with Crippen LogP contribution in [0.3, 0.4) is 0 Å². The molecule has 0 bridgehead atoms. The molecule has 0 atom stereocenters. The average molecular weight is 339 g/mol. The van der Waals surface area contributed by atoms with Gasteiger partial charge in [0.15, 0.2) is 17.0 Å². The van der Waals surface area contributed by atoms with Crippen molar-refractivity contribution in [3.8, 4) is 5.75 Å². The fraction of sp³-hybridized carbons (Fsp3) is 0.312. The molecule has 0 aliphatic carbocycles. The maximum absolute atomic E-state index is 12.4. The lowest BCUT2D eigenvalue weighted by Crippen LogP contribution is -2.52. The summed E-state index contributed by atoms with van der Waals surface area (Å²) in [6.45, 7) is 1.16. The summed E-state index contributed by atoms with van der Waals surface area (Å²) in [7, 11) is 3.38. The molecule has 9 heteroatoms. The second-order valence-electron chi connectivity index (χ2n) is 5.91. The van der Waals surface area contributed by atoms with Gasteiger partial charge in [0.05, 0.1) is 13.0 Å². The van der Waals surface area contributed by atoms with Crippen molar-refractivity contribution in [2.75, 3.05) is 30.4 Å². The standard InChI is InChI=1S/C16H17N7O2/c1-22-14-13(20-21-22)15(18-9-17-14)23-7-10(8-23)16(24)19-11-4-3-5-12(6-11)25-2/h3-6,9-10H,7-8H2,1-2H3,(H,19,24). The maximum Gasteiger partial charge on any atom is 0.231 e. The van der Waals surface area contributed by atoms with Gasteiger partial charge in [0, 0.05) is 31.9 Å². The summed E-state index contributed by atoms with van der Waals surface area (Å²) in [5.74, 6) is 1.30. The summed E-state index contributed by atoms with van der Waals surface area (Å²) in [6.07, 6.45) is 1.49. The number of ether oxygens (including phenoxy) is 1. The van der Waals surface area contributed by atoms with E-state index in [0.717, 1.165) is 5.69 Å². The molecular formula is C16H17N7O2. The Morgan fingerprint density at radius 2 is 2.16 bits per heavy atom. The van der Waals surface area contributed by atoms with E-state index in [9.17, 15) is 4.79 Å². The Morgan fingerprint density at radius 1 is 1.32 bits per heavy atom. The molecule has 1 amide bonds. The number of hydrogen-bond acceptors (Lipinski definition) is 7. The highest BCUT2D eigenvalue weighted by Crippen LogP contribution is 2.28. The Bertz CT molecular complexity index is 933. The van der Waals surface area contributed by atoms with E-state index in [-0.39, 0.29) is 11.8 Å². The third-order valence-corrected chi connectivity index (χ3v) is 4.26. The predicted molar refractivity (Wildman–Crippen MR) is 91.4 cm³/mol. The molecule has 0 radical (unpaired) electrons. The van der Waals surface area contributed by atoms with E-state index < -0.39 is 0 Å². The van der Waals surface area contributed by atoms with E-state index in [1.165, 1.54) is 6.33 Å². The molecule has 1 fully saturated rings. The van der Waals surface area contributed by atoms with Crippen LogP contribution in [0.25, 0.3) is 11.2 Å². The van der Waals surface area contributed by atoms with Gasteiger partial charge in [-0.25, -0.2) is 14.6 Å². The molecule has 0 unspecified atom stereocenters. The molecule has 1 aromatic carbocycles. The lowest BCUT2D eigenvalue weighted by molar-refractivity contribution is -0.120. The van der Waals surface area contributed by atoms with Crippen LogP contribution in [-0.2, 0) is 11.8 Å². The largest absolute Gasteiger partial charge is 0.497 e. The van der Waals surface area contributed by atoms with Gasteiger partial charge < -0.3 is 15.0 Å². The minimum absolute atomic E-state index is 0.0195. The second kappa shape index (κ2) is 6.00. The molecule has 1 aliphatic heterocycles. The third-order valence-electron chi connectivity index (χ3n) is 4.26. The number of fused-ring (bicyclic) bond motifs is 1. The zero-order chi connectivity index (χ0) is 17.4. The molecule has 25 heavy (non-hydrogen) atoms. The van der Waals surface area contributed by atoms with Crippen LogP contribution in [0.4, 0.5) is 11.5 Å². The normalized spacial score (nSPS) is 14.4. The zero-order valence-corrected chi connectivity index (χ0v) is 13.9. The number of carbonyl (C=O) groups excluding carboxylic acids is 1. The van der Waals surface area contributed by atoms with Gasteiger partial charge in [0.1, 0.15) is 12.1 Å². The number of rotatable bonds is 4. The van der Waals surface area contributed by atoms with Gasteiger partial charge in [-0.1, -0.05) is 11.3 Å². The fourth-order valence-electron chi connectivity index (χ4n) is 2.83. The number of amides is 1. The summed E-state index contributed by atoms with van der Waals surface area (Å²) in [5.41, 5.74) is 2.05. The lowest BCUT2D eigenvalue weighted by atomic mass is 9.99. The van der Waals surface area contributed by atoms with E-state index >= 15 is 0 Å². The summed E-state index contributed by atoms with van der Waals surface area (Å²) in [4.78, 5) is 22.9. The number of hydrogen-bond donors (Lipinski definition) is 1. The van der Waals surface area contributed by atoms with Crippen molar-refractivity contribution >= 4 is 28.6 Å². The van der Waals surface area contributed by atoms with Crippen molar-refractivity contribution < 1.29 is 9.53 Å². The number of benzene rings is 1. The quantitative estimate of drug-likeness (QED) is 0.752. The SMILES string of the molecule is COc1cccc(NC(=O)C2CN(c3ncnc4c3nnn4C)C2)c1. The third kappa shape index (κ3) is 2.73. The highest BCUT2D eigenvalue weighted by atomic mass is 16.5. The first kappa shape index (κ1) is 15.3. The number of nitrogens with one attached hydrogen (secondary N) is 1. The number of nitrogens with zero attached hydrogens (tertiary/aromatic N) is 6. The lowest BCUT2D eigenvalue weighted by Gasteiger charge is -2.38. The highest BCUT2D eigenvalue weighted by Gasteiger charge is 2.35. The Kier molecular flexibility index (Phi) is 3.68. The molecule has 128 valence electrons. The van der Waals surface area contributed by atoms with Gasteiger partial charge in [0.25, 0.3) is 0 Å². The summed E-state index contributed by atoms with van der Waals surface area (Å²) < 4.78 is 6.77. The van der Waals surface area contributed by atoms with Crippen LogP contribution >= 0.6 is 0 Å². The summed E-state index contributed by atoms with van der Waals surface area (Å²) in [6, 6.07) is 7.31. The summed E-state index contributed by atoms with van der Waals surface area (Å²) >= 11 is 0. The van der Waals surface area contributed by atoms with E-state index in [4.69, 9.17) is 4.74 Å². The van der Waals surface area contributed by atoms with Crippen molar-refractivity contribution in [2.24, 2.45) is 13.0 Å². The van der Waals surface area contributed by atoms with E-state index in [1.807, 2.05) is 23.1 Å². The molecule has 1 aliphatic rings. The van der Waals surface area contributed by atoms with Crippen LogP contribution in [0.5, 0.6) is 5.75 Å². The first-order valence-electron chi connectivity index (χ1n) is 7.86. The van der Waals surface area contributed by atoms with Gasteiger partial charge in [-0.05, 0) is 12.1 Å². The molecule has 4 rings (SSSR count). The Morgan fingerprint density at radius 3 is 2.96 bits per heavy atom. The molecule has 3 heterocycles. The minimum Gasteiger partial charge on any atom is -0.497 e. The number of aryl methyl sites for hydroxylation is 1. The summed E-state index contributed by atoms with van der Waals surface area (Å²) in [5, 5.41) is 11.0. The highest BCUT2D eigenvalue weighted by molar-refractivity contribution is 5.95. The molecule has 3 aromatic rings. The molecule has 9 nitrogen and oxygen atoms in total. The first-order valence-corrected chi connectivity index (χ1v) is 7.86. The van der Waals surface area contributed by atoms with E-state index in [1.54, 1.807) is 24.9 Å². The van der Waals surface area contributed by atoms with Crippen molar-refractivity contribution in [1.29, 1.82) is 0 Å². The molecule has 2 aromatic heterocycles. The van der Waals surface area contributed by atoms with Gasteiger partial charge in [-0.3, -0.25) is 4.79 Å². The monoisotopic (exact) mass is 339 g/mol. The Balaban J connectivity index is 1.43. The van der Waals surface area contributed by atoms with Gasteiger partial charge in [0.2, 0.25) is 5.91 Å². The average Bonchev–Trinajstić information content (AvgIpc) is 2.96. The minimum atomic E-state index is -0.104. The first-order chi connectivity index (χ1) is 12.2. The van der Waals surface area contributed by atoms with Gasteiger partial charge >= 0.3 is 0 Å². The van der Waals surface area contributed by atoms with E-state index in [2.05, 4.69) is 25.6 Å². The van der Waals surface area contributed by atoms with Gasteiger partial charge in [-0.2, -0.15) is 0 Å². The van der Waals surface area contributed by atoms with Crippen molar-refractivity contribution in [3.63, 3.8) is 0 Å². The smallest absolute Gasteiger partial charge is 0.231 e. The van der Waals surface area contributed by atoms with Crippen LogP contribution < -0.4 is 15.0 Å². The number of methoxy groups -OCH3 is 1. The fourth-order valence-corrected chi connectivity index (χ4v) is 2.83. The number of carbonyl (C=O) groups is 1. The number of aromatic nitrogens is 5. The predicted octanol–water partition coefficient (Wildman–Crippen LogP) is 0.842. The second-order valence-corrected chi connectivity index (χ2v) is 5.91. The van der Waals surface area contributed by atoms with Crippen LogP contribution in [0.1, 0.15) is 0 Å². The number of anilines is 2. The van der Waals surface area contributed by atoms with Crippen LogP contribution in [-0.4, -0.2) is 51.1 Å². The van der Waals surface area contributed by atoms with Crippen LogP contribution in [0, 0.1) is 5.92 Å². The van der Waals surface area contributed by atoms with E-state index in [0.29, 0.717) is 35.8 Å². The molecule has 0 saturated carbocycles. The molecule has 1 saturated heterocycles. The molecule has 1 N–H and O–H groups in total. The Hall–Kier alpha value is -3.23. The topological polar surface area (TPSA) is 98.1 Å². The zero-order valence-electron chi connectivity index (χ0n) is 13.9. The van der Waals surface area contributed by atoms with Crippen molar-refractivity contribution in [2.45, 2.75) is 0 Å². The van der Waals surface area contributed by atoms with Crippen molar-refractivity contribution in [3.05, 3.63) is 30.6 Å². The van der Waals surface area contributed by atoms with Gasteiger partial charge in [-0.15, -0.1) is 5.10 Å². The Labute approximate surface area is 143 Å². The van der Waals surface area contributed by atoms with Crippen LogP contribution in [0.2, 0.25) is 0 Å². The molecule has 0 spiro atoms.